The standard InChI is InChI=1S/C23H32O6/c1-6-25-19-21(5)23(18(29-23)17-22(19,28-17)12(2)3)20(4)8-7-13-14(15(20)11-27-21)10-26-16(13)9-24/h10,12,15,17-19,24H,6-9,11H2,1-5H3. The van der Waals surface area contributed by atoms with E-state index in [4.69, 9.17) is 23.4 Å². The Morgan fingerprint density at radius 1 is 1.24 bits per heavy atom. The Labute approximate surface area is 171 Å². The first-order chi connectivity index (χ1) is 13.8. The maximum absolute atomic E-state index is 9.66. The van der Waals surface area contributed by atoms with E-state index in [0.29, 0.717) is 24.9 Å². The molecule has 8 atom stereocenters. The van der Waals surface area contributed by atoms with Gasteiger partial charge in [0.1, 0.15) is 47.5 Å². The molecule has 3 aliphatic heterocycles. The Morgan fingerprint density at radius 2 is 2.03 bits per heavy atom. The Morgan fingerprint density at radius 3 is 2.72 bits per heavy atom. The Hall–Kier alpha value is -0.920. The molecule has 4 heterocycles. The van der Waals surface area contributed by atoms with Crippen molar-refractivity contribution in [2.45, 2.75) is 95.1 Å². The van der Waals surface area contributed by atoms with Gasteiger partial charge in [0.15, 0.2) is 0 Å². The largest absolute Gasteiger partial charge is 0.466 e. The van der Waals surface area contributed by atoms with Gasteiger partial charge < -0.3 is 28.5 Å². The van der Waals surface area contributed by atoms with Gasteiger partial charge in [0.05, 0.1) is 12.9 Å². The molecule has 0 radical (unpaired) electrons. The molecule has 0 amide bonds. The summed E-state index contributed by atoms with van der Waals surface area (Å²) in [6.45, 7) is 12.2. The third kappa shape index (κ3) is 1.81. The van der Waals surface area contributed by atoms with Crippen molar-refractivity contribution >= 4 is 0 Å². The molecule has 160 valence electrons. The van der Waals surface area contributed by atoms with Crippen molar-refractivity contribution in [2.75, 3.05) is 13.2 Å². The number of furan rings is 1. The molecule has 1 aromatic rings. The first-order valence-electron chi connectivity index (χ1n) is 11.1. The van der Waals surface area contributed by atoms with Crippen molar-refractivity contribution in [3.05, 3.63) is 23.2 Å². The average molecular weight is 405 g/mol. The first kappa shape index (κ1) is 18.8. The van der Waals surface area contributed by atoms with Crippen LogP contribution in [0.2, 0.25) is 0 Å². The molecule has 0 bridgehead atoms. The lowest BCUT2D eigenvalue weighted by Gasteiger charge is -2.60. The summed E-state index contributed by atoms with van der Waals surface area (Å²) in [5, 5.41) is 9.66. The second-order valence-electron chi connectivity index (χ2n) is 10.3. The summed E-state index contributed by atoms with van der Waals surface area (Å²) >= 11 is 0. The number of epoxide rings is 2. The quantitative estimate of drug-likeness (QED) is 0.778. The van der Waals surface area contributed by atoms with E-state index in [1.165, 1.54) is 5.56 Å². The van der Waals surface area contributed by atoms with Crippen molar-refractivity contribution in [1.29, 1.82) is 0 Å². The summed E-state index contributed by atoms with van der Waals surface area (Å²) < 4.78 is 32.0. The van der Waals surface area contributed by atoms with Crippen LogP contribution in [0.3, 0.4) is 0 Å². The molecule has 6 heteroatoms. The minimum absolute atomic E-state index is 0.0465. The number of hydrogen-bond acceptors (Lipinski definition) is 6. The predicted octanol–water partition coefficient (Wildman–Crippen LogP) is 2.95. The lowest BCUT2D eigenvalue weighted by molar-refractivity contribution is -0.256. The number of aliphatic hydroxyl groups is 1. The van der Waals surface area contributed by atoms with Gasteiger partial charge in [-0.2, -0.15) is 0 Å². The van der Waals surface area contributed by atoms with Crippen molar-refractivity contribution in [3.8, 4) is 0 Å². The van der Waals surface area contributed by atoms with E-state index in [2.05, 4.69) is 27.7 Å². The average Bonchev–Trinajstić information content (AvgIpc) is 3.56. The highest BCUT2D eigenvalue weighted by atomic mass is 16.7. The van der Waals surface area contributed by atoms with Gasteiger partial charge in [0.25, 0.3) is 0 Å². The van der Waals surface area contributed by atoms with Crippen LogP contribution in [0.25, 0.3) is 0 Å². The molecule has 0 aromatic carbocycles. The van der Waals surface area contributed by atoms with Gasteiger partial charge >= 0.3 is 0 Å². The maximum atomic E-state index is 9.66. The lowest BCUT2D eigenvalue weighted by Crippen LogP contribution is -2.74. The maximum Gasteiger partial charge on any atom is 0.135 e. The molecule has 5 aliphatic rings. The second-order valence-corrected chi connectivity index (χ2v) is 10.3. The molecule has 6 nitrogen and oxygen atoms in total. The van der Waals surface area contributed by atoms with E-state index in [1.54, 1.807) is 0 Å². The fourth-order valence-electron chi connectivity index (χ4n) is 7.62. The second kappa shape index (κ2) is 5.46. The van der Waals surface area contributed by atoms with E-state index in [0.717, 1.165) is 18.4 Å². The summed E-state index contributed by atoms with van der Waals surface area (Å²) in [5.74, 6) is 1.21. The summed E-state index contributed by atoms with van der Waals surface area (Å²) in [7, 11) is 0. The number of hydrogen-bond donors (Lipinski definition) is 1. The SMILES string of the molecule is CCOC1C2(C(C)C)OC2C2OC23C2(C)CCc4c(coc4CO)C2COC13C. The predicted molar refractivity (Wildman–Crippen MR) is 104 cm³/mol. The van der Waals surface area contributed by atoms with E-state index in [9.17, 15) is 5.11 Å². The number of fused-ring (bicyclic) bond motifs is 5. The van der Waals surface area contributed by atoms with E-state index < -0.39 is 11.2 Å². The van der Waals surface area contributed by atoms with Crippen molar-refractivity contribution in [3.63, 3.8) is 0 Å². The van der Waals surface area contributed by atoms with Gasteiger partial charge in [-0.05, 0) is 43.7 Å². The van der Waals surface area contributed by atoms with Gasteiger partial charge in [-0.15, -0.1) is 0 Å². The number of rotatable bonds is 4. The van der Waals surface area contributed by atoms with Gasteiger partial charge in [0.2, 0.25) is 0 Å². The van der Waals surface area contributed by atoms with Gasteiger partial charge in [-0.25, -0.2) is 0 Å². The van der Waals surface area contributed by atoms with Crippen LogP contribution in [0.5, 0.6) is 0 Å². The third-order valence-electron chi connectivity index (χ3n) is 9.13. The third-order valence-corrected chi connectivity index (χ3v) is 9.13. The van der Waals surface area contributed by atoms with Crippen LogP contribution in [-0.2, 0) is 32.0 Å². The monoisotopic (exact) mass is 404 g/mol. The molecule has 8 unspecified atom stereocenters. The topological polar surface area (TPSA) is 76.9 Å². The Balaban J connectivity index is 1.47. The van der Waals surface area contributed by atoms with Gasteiger partial charge in [-0.3, -0.25) is 0 Å². The Bertz CT molecular complexity index is 864. The van der Waals surface area contributed by atoms with Crippen LogP contribution in [0.15, 0.2) is 10.7 Å². The molecular formula is C23H32O6. The van der Waals surface area contributed by atoms with Crippen LogP contribution >= 0.6 is 0 Å². The van der Waals surface area contributed by atoms with Crippen LogP contribution < -0.4 is 0 Å². The zero-order chi connectivity index (χ0) is 20.4. The van der Waals surface area contributed by atoms with E-state index in [1.807, 2.05) is 13.2 Å². The molecule has 1 spiro atoms. The Kier molecular flexibility index (Phi) is 3.54. The van der Waals surface area contributed by atoms with Crippen LogP contribution in [0.4, 0.5) is 0 Å². The zero-order valence-electron chi connectivity index (χ0n) is 18.0. The van der Waals surface area contributed by atoms with Crippen molar-refractivity contribution in [2.24, 2.45) is 11.3 Å². The van der Waals surface area contributed by atoms with Crippen LogP contribution in [-0.4, -0.2) is 53.4 Å². The molecule has 2 aliphatic carbocycles. The smallest absolute Gasteiger partial charge is 0.135 e. The van der Waals surface area contributed by atoms with Crippen LogP contribution in [0, 0.1) is 11.3 Å². The summed E-state index contributed by atoms with van der Waals surface area (Å²) in [6.07, 6.45) is 3.67. The summed E-state index contributed by atoms with van der Waals surface area (Å²) in [5.41, 5.74) is 0.941. The van der Waals surface area contributed by atoms with Crippen LogP contribution in [0.1, 0.15) is 63.8 Å². The van der Waals surface area contributed by atoms with Gasteiger partial charge in [-0.1, -0.05) is 20.8 Å². The molecule has 3 saturated heterocycles. The molecule has 1 aromatic heterocycles. The fourth-order valence-corrected chi connectivity index (χ4v) is 7.62. The highest BCUT2D eigenvalue weighted by Gasteiger charge is 2.93. The zero-order valence-corrected chi connectivity index (χ0v) is 18.0. The number of aliphatic hydroxyl groups excluding tert-OH is 1. The molecule has 1 saturated carbocycles. The molecular weight excluding hydrogens is 372 g/mol. The van der Waals surface area contributed by atoms with E-state index in [-0.39, 0.29) is 41.9 Å². The molecule has 1 N–H and O–H groups in total. The van der Waals surface area contributed by atoms with Crippen molar-refractivity contribution < 1.29 is 28.5 Å². The molecule has 6 rings (SSSR count). The number of ether oxygens (including phenoxy) is 4. The van der Waals surface area contributed by atoms with E-state index >= 15 is 0 Å². The lowest BCUT2D eigenvalue weighted by atomic mass is 9.49. The highest BCUT2D eigenvalue weighted by molar-refractivity contribution is 5.46. The summed E-state index contributed by atoms with van der Waals surface area (Å²) in [4.78, 5) is 0. The minimum atomic E-state index is -0.558. The first-order valence-corrected chi connectivity index (χ1v) is 11.1. The van der Waals surface area contributed by atoms with Gasteiger partial charge in [0, 0.05) is 17.9 Å². The summed E-state index contributed by atoms with van der Waals surface area (Å²) in [6, 6.07) is 0. The molecule has 29 heavy (non-hydrogen) atoms. The normalized spacial score (nSPS) is 51.6. The van der Waals surface area contributed by atoms with Crippen molar-refractivity contribution in [1.82, 2.24) is 0 Å². The molecule has 4 fully saturated rings. The highest BCUT2D eigenvalue weighted by Crippen LogP contribution is 2.77. The fraction of sp³-hybridized carbons (Fsp3) is 0.826. The minimum Gasteiger partial charge on any atom is -0.466 e.